The van der Waals surface area contributed by atoms with Gasteiger partial charge in [-0.05, 0) is 62.5 Å². The van der Waals surface area contributed by atoms with Gasteiger partial charge in [0.2, 0.25) is 0 Å². The molecular formula is C25H36N2O2. The van der Waals surface area contributed by atoms with Crippen molar-refractivity contribution >= 4 is 11.5 Å². The maximum Gasteiger partial charge on any atom is 0.166 e. The number of ether oxygens (including phenoxy) is 1. The minimum absolute atomic E-state index is 0.118. The molecular weight excluding hydrogens is 360 g/mol. The number of ketones is 1. The number of para-hydroxylation sites is 1. The van der Waals surface area contributed by atoms with Crippen LogP contribution in [0.4, 0.5) is 5.69 Å². The van der Waals surface area contributed by atoms with E-state index < -0.39 is 0 Å². The average Bonchev–Trinajstić information content (AvgIpc) is 2.73. The maximum absolute atomic E-state index is 12.6. The molecule has 29 heavy (non-hydrogen) atoms. The number of hydrogen-bond acceptors (Lipinski definition) is 4. The van der Waals surface area contributed by atoms with Crippen molar-refractivity contribution in [1.82, 2.24) is 5.32 Å². The molecule has 2 N–H and O–H groups in total. The van der Waals surface area contributed by atoms with Crippen molar-refractivity contribution in [3.63, 3.8) is 0 Å². The Morgan fingerprint density at radius 2 is 1.83 bits per heavy atom. The predicted molar refractivity (Wildman–Crippen MR) is 124 cm³/mol. The van der Waals surface area contributed by atoms with E-state index in [0.29, 0.717) is 24.2 Å². The van der Waals surface area contributed by atoms with E-state index in [0.717, 1.165) is 35.5 Å². The number of methoxy groups -OCH3 is 1. The van der Waals surface area contributed by atoms with Gasteiger partial charge in [-0.1, -0.05) is 44.2 Å². The molecule has 1 rings (SSSR count). The van der Waals surface area contributed by atoms with Crippen LogP contribution in [0.2, 0.25) is 0 Å². The highest BCUT2D eigenvalue weighted by Crippen LogP contribution is 2.21. The SMILES string of the molecule is CC\C=C/C(=C\C(C(=O)CCC)=C(/C)OC)C/C(C)=C(/NC)Nc1ccccc1. The van der Waals surface area contributed by atoms with E-state index in [-0.39, 0.29) is 5.78 Å². The molecule has 0 amide bonds. The molecule has 1 aromatic carbocycles. The molecule has 4 heteroatoms. The van der Waals surface area contributed by atoms with E-state index in [4.69, 9.17) is 4.74 Å². The van der Waals surface area contributed by atoms with Crippen LogP contribution in [0, 0.1) is 0 Å². The molecule has 0 saturated heterocycles. The van der Waals surface area contributed by atoms with Crippen LogP contribution >= 0.6 is 0 Å². The quantitative estimate of drug-likeness (QED) is 0.254. The number of anilines is 1. The molecule has 0 unspecified atom stereocenters. The zero-order valence-corrected chi connectivity index (χ0v) is 18.8. The molecule has 4 nitrogen and oxygen atoms in total. The smallest absolute Gasteiger partial charge is 0.166 e. The lowest BCUT2D eigenvalue weighted by molar-refractivity contribution is -0.115. The van der Waals surface area contributed by atoms with Crippen LogP contribution in [0.5, 0.6) is 0 Å². The predicted octanol–water partition coefficient (Wildman–Crippen LogP) is 6.12. The summed E-state index contributed by atoms with van der Waals surface area (Å²) in [5.74, 6) is 1.73. The van der Waals surface area contributed by atoms with Gasteiger partial charge in [0.05, 0.1) is 12.7 Å². The van der Waals surface area contributed by atoms with E-state index >= 15 is 0 Å². The fraction of sp³-hybridized carbons (Fsp3) is 0.400. The third kappa shape index (κ3) is 8.43. The minimum Gasteiger partial charge on any atom is -0.501 e. The van der Waals surface area contributed by atoms with Gasteiger partial charge in [-0.25, -0.2) is 0 Å². The molecule has 158 valence electrons. The van der Waals surface area contributed by atoms with Crippen LogP contribution in [0.15, 0.2) is 76.9 Å². The summed E-state index contributed by atoms with van der Waals surface area (Å²) in [5, 5.41) is 6.69. The molecule has 0 aliphatic heterocycles. The number of carbonyl (C=O) groups excluding carboxylic acids is 1. The van der Waals surface area contributed by atoms with Crippen molar-refractivity contribution in [2.75, 3.05) is 19.5 Å². The first-order valence-corrected chi connectivity index (χ1v) is 10.3. The normalized spacial score (nSPS) is 13.7. The second-order valence-corrected chi connectivity index (χ2v) is 6.95. The number of Topliss-reactive ketones (excluding diaryl/α,β-unsaturated/α-hetero) is 1. The zero-order valence-electron chi connectivity index (χ0n) is 18.8. The van der Waals surface area contributed by atoms with Crippen molar-refractivity contribution in [2.24, 2.45) is 0 Å². The highest BCUT2D eigenvalue weighted by atomic mass is 16.5. The molecule has 0 atom stereocenters. The lowest BCUT2D eigenvalue weighted by atomic mass is 9.98. The molecule has 0 bridgehead atoms. The fourth-order valence-electron chi connectivity index (χ4n) is 2.91. The average molecular weight is 397 g/mol. The summed E-state index contributed by atoms with van der Waals surface area (Å²) in [4.78, 5) is 12.6. The number of benzene rings is 1. The summed E-state index contributed by atoms with van der Waals surface area (Å²) in [6.07, 6.45) is 9.18. The van der Waals surface area contributed by atoms with Crippen LogP contribution in [0.1, 0.15) is 53.4 Å². The lowest BCUT2D eigenvalue weighted by Crippen LogP contribution is -2.17. The Bertz CT molecular complexity index is 771. The second kappa shape index (κ2) is 13.4. The zero-order chi connectivity index (χ0) is 21.6. The van der Waals surface area contributed by atoms with Crippen molar-refractivity contribution in [3.05, 3.63) is 76.9 Å². The summed E-state index contributed by atoms with van der Waals surface area (Å²) in [7, 11) is 3.52. The Labute approximate surface area is 176 Å². The monoisotopic (exact) mass is 396 g/mol. The van der Waals surface area contributed by atoms with Gasteiger partial charge in [0.1, 0.15) is 11.6 Å². The highest BCUT2D eigenvalue weighted by Gasteiger charge is 2.12. The van der Waals surface area contributed by atoms with Gasteiger partial charge >= 0.3 is 0 Å². The van der Waals surface area contributed by atoms with Gasteiger partial charge in [0, 0.05) is 19.2 Å². The molecule has 0 saturated carbocycles. The van der Waals surface area contributed by atoms with Crippen molar-refractivity contribution in [2.45, 2.75) is 53.4 Å². The van der Waals surface area contributed by atoms with Crippen LogP contribution in [-0.4, -0.2) is 19.9 Å². The summed E-state index contributed by atoms with van der Waals surface area (Å²) >= 11 is 0. The summed E-state index contributed by atoms with van der Waals surface area (Å²) in [5.41, 5.74) is 3.91. The first-order chi connectivity index (χ1) is 14.0. The number of allylic oxidation sites excluding steroid dienone is 7. The van der Waals surface area contributed by atoms with Gasteiger partial charge in [-0.3, -0.25) is 4.79 Å². The van der Waals surface area contributed by atoms with E-state index in [1.807, 2.05) is 57.3 Å². The van der Waals surface area contributed by atoms with Gasteiger partial charge in [-0.15, -0.1) is 0 Å². The van der Waals surface area contributed by atoms with E-state index in [2.05, 4.69) is 36.6 Å². The van der Waals surface area contributed by atoms with Gasteiger partial charge in [0.25, 0.3) is 0 Å². The molecule has 0 heterocycles. The van der Waals surface area contributed by atoms with Crippen molar-refractivity contribution in [3.8, 4) is 0 Å². The summed E-state index contributed by atoms with van der Waals surface area (Å²) in [6.45, 7) is 8.06. The number of hydrogen-bond donors (Lipinski definition) is 2. The lowest BCUT2D eigenvalue weighted by Gasteiger charge is -2.16. The van der Waals surface area contributed by atoms with E-state index in [9.17, 15) is 4.79 Å². The Balaban J connectivity index is 3.26. The molecule has 0 radical (unpaired) electrons. The standard InChI is InChI=1S/C25H36N2O2/c1-7-9-14-21(18-23(20(4)29-6)24(28)13-8-2)17-19(3)25(26-5)27-22-15-11-10-12-16-22/h9-12,14-16,18,26-27H,7-8,13,17H2,1-6H3/b14-9-,21-18+,23-20-,25-19-. The van der Waals surface area contributed by atoms with Crippen LogP contribution in [-0.2, 0) is 9.53 Å². The van der Waals surface area contributed by atoms with Gasteiger partial charge in [0.15, 0.2) is 5.78 Å². The number of carbonyl (C=O) groups is 1. The fourth-order valence-corrected chi connectivity index (χ4v) is 2.91. The topological polar surface area (TPSA) is 50.4 Å². The van der Waals surface area contributed by atoms with E-state index in [1.165, 1.54) is 0 Å². The van der Waals surface area contributed by atoms with Crippen LogP contribution in [0.25, 0.3) is 0 Å². The third-order valence-corrected chi connectivity index (χ3v) is 4.55. The Kier molecular flexibility index (Phi) is 11.2. The highest BCUT2D eigenvalue weighted by molar-refractivity contribution is 5.98. The van der Waals surface area contributed by atoms with Gasteiger partial charge < -0.3 is 15.4 Å². The summed E-state index contributed by atoms with van der Waals surface area (Å²) < 4.78 is 5.39. The maximum atomic E-state index is 12.6. The Hall–Kier alpha value is -2.75. The molecule has 1 aromatic rings. The van der Waals surface area contributed by atoms with Crippen molar-refractivity contribution in [1.29, 1.82) is 0 Å². The molecule has 0 aliphatic carbocycles. The Morgan fingerprint density at radius 1 is 1.14 bits per heavy atom. The molecule has 0 spiro atoms. The summed E-state index contributed by atoms with van der Waals surface area (Å²) in [6, 6.07) is 10.1. The second-order valence-electron chi connectivity index (χ2n) is 6.95. The minimum atomic E-state index is 0.118. The van der Waals surface area contributed by atoms with E-state index in [1.54, 1.807) is 7.11 Å². The number of nitrogens with one attached hydrogen (secondary N) is 2. The Morgan fingerprint density at radius 3 is 2.38 bits per heavy atom. The number of rotatable bonds is 12. The molecule has 0 aromatic heterocycles. The van der Waals surface area contributed by atoms with Gasteiger partial charge in [-0.2, -0.15) is 0 Å². The molecule has 0 fully saturated rings. The third-order valence-electron chi connectivity index (χ3n) is 4.55. The molecule has 0 aliphatic rings. The first-order valence-electron chi connectivity index (χ1n) is 10.3. The van der Waals surface area contributed by atoms with Crippen LogP contribution in [0.3, 0.4) is 0 Å². The first kappa shape index (κ1) is 24.3. The van der Waals surface area contributed by atoms with Crippen molar-refractivity contribution < 1.29 is 9.53 Å². The van der Waals surface area contributed by atoms with Crippen LogP contribution < -0.4 is 10.6 Å². The largest absolute Gasteiger partial charge is 0.501 e.